The molecular weight excluding hydrogens is 328 g/mol. The lowest BCUT2D eigenvalue weighted by Crippen LogP contribution is -3.11. The first kappa shape index (κ1) is 16.8. The van der Waals surface area contributed by atoms with E-state index in [0.717, 1.165) is 24.3 Å². The SMILES string of the molecule is O=C(NCc1ccccc1C[NH+]1CCCCC1)c1cc2c(s1)CCC2. The lowest BCUT2D eigenvalue weighted by molar-refractivity contribution is -0.918. The van der Waals surface area contributed by atoms with E-state index in [1.54, 1.807) is 16.2 Å². The van der Waals surface area contributed by atoms with Crippen LogP contribution >= 0.6 is 11.3 Å². The molecule has 1 aromatic carbocycles. The summed E-state index contributed by atoms with van der Waals surface area (Å²) in [7, 11) is 0. The topological polar surface area (TPSA) is 33.5 Å². The fourth-order valence-corrected chi connectivity index (χ4v) is 5.27. The molecule has 0 radical (unpaired) electrons. The molecule has 4 heteroatoms. The number of carbonyl (C=O) groups is 1. The van der Waals surface area contributed by atoms with Crippen molar-refractivity contribution in [3.8, 4) is 0 Å². The van der Waals surface area contributed by atoms with Gasteiger partial charge in [0.15, 0.2) is 0 Å². The first-order valence-corrected chi connectivity index (χ1v) is 10.4. The third-order valence-corrected chi connectivity index (χ3v) is 6.77. The fraction of sp³-hybridized carbons (Fsp3) is 0.476. The van der Waals surface area contributed by atoms with Crippen LogP contribution in [-0.4, -0.2) is 19.0 Å². The standard InChI is InChI=1S/C21H26N2OS/c24-21(20-13-16-9-6-10-19(16)25-20)22-14-17-7-2-3-8-18(17)15-23-11-4-1-5-12-23/h2-3,7-8,13H,1,4-6,9-12,14-15H2,(H,22,24)/p+1. The van der Waals surface area contributed by atoms with E-state index in [4.69, 9.17) is 0 Å². The second-order valence-corrected chi connectivity index (χ2v) is 8.49. The molecule has 2 heterocycles. The third-order valence-electron chi connectivity index (χ3n) is 5.53. The van der Waals surface area contributed by atoms with Gasteiger partial charge in [0.2, 0.25) is 0 Å². The van der Waals surface area contributed by atoms with Crippen LogP contribution in [0.4, 0.5) is 0 Å². The highest BCUT2D eigenvalue weighted by molar-refractivity contribution is 7.14. The number of fused-ring (bicyclic) bond motifs is 1. The van der Waals surface area contributed by atoms with Crippen LogP contribution in [0.1, 0.15) is 56.9 Å². The van der Waals surface area contributed by atoms with Crippen molar-refractivity contribution >= 4 is 17.2 Å². The van der Waals surface area contributed by atoms with E-state index in [2.05, 4.69) is 35.6 Å². The van der Waals surface area contributed by atoms with E-state index in [0.29, 0.717) is 6.54 Å². The van der Waals surface area contributed by atoms with Gasteiger partial charge in [0, 0.05) is 17.0 Å². The molecule has 2 N–H and O–H groups in total. The van der Waals surface area contributed by atoms with Gasteiger partial charge in [-0.15, -0.1) is 11.3 Å². The molecule has 1 aliphatic carbocycles. The van der Waals surface area contributed by atoms with Crippen molar-refractivity contribution in [2.45, 2.75) is 51.6 Å². The van der Waals surface area contributed by atoms with Gasteiger partial charge in [-0.25, -0.2) is 0 Å². The Balaban J connectivity index is 1.39. The number of rotatable bonds is 5. The van der Waals surface area contributed by atoms with Crippen molar-refractivity contribution in [2.75, 3.05) is 13.1 Å². The smallest absolute Gasteiger partial charge is 0.261 e. The molecule has 0 spiro atoms. The summed E-state index contributed by atoms with van der Waals surface area (Å²) in [6.45, 7) is 4.27. The van der Waals surface area contributed by atoms with Crippen LogP contribution < -0.4 is 10.2 Å². The van der Waals surface area contributed by atoms with Gasteiger partial charge in [-0.05, 0) is 55.7 Å². The maximum atomic E-state index is 12.5. The molecular formula is C21H27N2OS+. The van der Waals surface area contributed by atoms with Gasteiger partial charge in [-0.2, -0.15) is 0 Å². The van der Waals surface area contributed by atoms with Gasteiger partial charge >= 0.3 is 0 Å². The normalized spacial score (nSPS) is 17.4. The van der Waals surface area contributed by atoms with Gasteiger partial charge in [0.1, 0.15) is 6.54 Å². The summed E-state index contributed by atoms with van der Waals surface area (Å²) >= 11 is 1.68. The number of carbonyl (C=O) groups excluding carboxylic acids is 1. The van der Waals surface area contributed by atoms with Crippen LogP contribution in [0.2, 0.25) is 0 Å². The van der Waals surface area contributed by atoms with Crippen molar-refractivity contribution in [1.82, 2.24) is 5.32 Å². The number of thiophene rings is 1. The number of hydrogen-bond acceptors (Lipinski definition) is 2. The van der Waals surface area contributed by atoms with E-state index < -0.39 is 0 Å². The van der Waals surface area contributed by atoms with Crippen LogP contribution in [0, 0.1) is 0 Å². The molecule has 4 rings (SSSR count). The lowest BCUT2D eigenvalue weighted by Gasteiger charge is -2.24. The molecule has 2 aliphatic rings. The number of benzene rings is 1. The highest BCUT2D eigenvalue weighted by Gasteiger charge is 2.19. The van der Waals surface area contributed by atoms with Crippen molar-refractivity contribution < 1.29 is 9.69 Å². The van der Waals surface area contributed by atoms with E-state index in [9.17, 15) is 4.79 Å². The molecule has 2 aromatic rings. The Morgan fingerprint density at radius 2 is 1.84 bits per heavy atom. The Morgan fingerprint density at radius 1 is 1.04 bits per heavy atom. The van der Waals surface area contributed by atoms with Gasteiger partial charge < -0.3 is 10.2 Å². The third kappa shape index (κ3) is 3.96. The Kier molecular flexibility index (Phi) is 5.18. The predicted octanol–water partition coefficient (Wildman–Crippen LogP) is 2.74. The summed E-state index contributed by atoms with van der Waals surface area (Å²) in [6, 6.07) is 10.7. The second-order valence-electron chi connectivity index (χ2n) is 7.35. The molecule has 1 fully saturated rings. The van der Waals surface area contributed by atoms with Gasteiger partial charge in [-0.3, -0.25) is 4.79 Å². The van der Waals surface area contributed by atoms with Gasteiger partial charge in [0.25, 0.3) is 5.91 Å². The van der Waals surface area contributed by atoms with E-state index in [1.807, 2.05) is 0 Å². The van der Waals surface area contributed by atoms with Gasteiger partial charge in [0.05, 0.1) is 18.0 Å². The predicted molar refractivity (Wildman–Crippen MR) is 102 cm³/mol. The monoisotopic (exact) mass is 355 g/mol. The van der Waals surface area contributed by atoms with Crippen LogP contribution in [0.5, 0.6) is 0 Å². The molecule has 1 aliphatic heterocycles. The summed E-state index contributed by atoms with van der Waals surface area (Å²) in [6.07, 6.45) is 7.60. The summed E-state index contributed by atoms with van der Waals surface area (Å²) in [5.74, 6) is 0.0829. The van der Waals surface area contributed by atoms with E-state index >= 15 is 0 Å². The number of aryl methyl sites for hydroxylation is 2. The Labute approximate surface area is 154 Å². The molecule has 1 saturated heterocycles. The minimum Gasteiger partial charge on any atom is -0.347 e. The van der Waals surface area contributed by atoms with E-state index in [1.165, 1.54) is 60.3 Å². The van der Waals surface area contributed by atoms with Crippen molar-refractivity contribution in [3.05, 3.63) is 56.8 Å². The largest absolute Gasteiger partial charge is 0.347 e. The van der Waals surface area contributed by atoms with E-state index in [-0.39, 0.29) is 5.91 Å². The van der Waals surface area contributed by atoms with Crippen LogP contribution in [0.15, 0.2) is 30.3 Å². The lowest BCUT2D eigenvalue weighted by atomic mass is 10.0. The molecule has 1 amide bonds. The number of piperidine rings is 1. The number of quaternary nitrogens is 1. The Morgan fingerprint density at radius 3 is 2.64 bits per heavy atom. The number of hydrogen-bond donors (Lipinski definition) is 2. The molecule has 0 saturated carbocycles. The zero-order valence-electron chi connectivity index (χ0n) is 14.8. The highest BCUT2D eigenvalue weighted by Crippen LogP contribution is 2.30. The average Bonchev–Trinajstić information content (AvgIpc) is 3.24. The number of nitrogens with one attached hydrogen (secondary N) is 2. The Hall–Kier alpha value is -1.65. The molecule has 25 heavy (non-hydrogen) atoms. The highest BCUT2D eigenvalue weighted by atomic mass is 32.1. The maximum absolute atomic E-state index is 12.5. The van der Waals surface area contributed by atoms with Crippen LogP contribution in [-0.2, 0) is 25.9 Å². The van der Waals surface area contributed by atoms with Crippen LogP contribution in [0.25, 0.3) is 0 Å². The minimum atomic E-state index is 0.0829. The molecule has 132 valence electrons. The fourth-order valence-electron chi connectivity index (χ4n) is 4.10. The molecule has 0 unspecified atom stereocenters. The number of likely N-dealkylation sites (tertiary alicyclic amines) is 1. The summed E-state index contributed by atoms with van der Waals surface area (Å²) in [4.78, 5) is 16.5. The molecule has 0 atom stereocenters. The summed E-state index contributed by atoms with van der Waals surface area (Å²) in [5, 5.41) is 3.14. The quantitative estimate of drug-likeness (QED) is 0.850. The minimum absolute atomic E-state index is 0.0829. The summed E-state index contributed by atoms with van der Waals surface area (Å²) < 4.78 is 0. The zero-order chi connectivity index (χ0) is 17.1. The maximum Gasteiger partial charge on any atom is 0.261 e. The van der Waals surface area contributed by atoms with Crippen molar-refractivity contribution in [2.24, 2.45) is 0 Å². The molecule has 3 nitrogen and oxygen atoms in total. The van der Waals surface area contributed by atoms with Crippen molar-refractivity contribution in [1.29, 1.82) is 0 Å². The first-order valence-electron chi connectivity index (χ1n) is 9.60. The van der Waals surface area contributed by atoms with Gasteiger partial charge in [-0.1, -0.05) is 24.3 Å². The van der Waals surface area contributed by atoms with Crippen LogP contribution in [0.3, 0.4) is 0 Å². The molecule has 0 bridgehead atoms. The molecule has 1 aromatic heterocycles. The second kappa shape index (κ2) is 7.71. The average molecular weight is 356 g/mol. The summed E-state index contributed by atoms with van der Waals surface area (Å²) in [5.41, 5.74) is 4.04. The van der Waals surface area contributed by atoms with Crippen molar-refractivity contribution in [3.63, 3.8) is 0 Å². The number of amides is 1. The Bertz CT molecular complexity index is 725. The first-order chi connectivity index (χ1) is 12.3. The zero-order valence-corrected chi connectivity index (χ0v) is 15.6.